The molecule has 1 aromatic heterocycles. The second kappa shape index (κ2) is 7.19. The van der Waals surface area contributed by atoms with Crippen LogP contribution in [0.15, 0.2) is 42.3 Å². The zero-order chi connectivity index (χ0) is 17.9. The van der Waals surface area contributed by atoms with E-state index in [1.807, 2.05) is 36.6 Å². The molecule has 2 amide bonds. The van der Waals surface area contributed by atoms with Gasteiger partial charge in [-0.05, 0) is 44.4 Å². The van der Waals surface area contributed by atoms with E-state index >= 15 is 0 Å². The number of carbonyl (C=O) groups is 2. The smallest absolute Gasteiger partial charge is 0.243 e. The number of thiazole rings is 1. The van der Waals surface area contributed by atoms with Gasteiger partial charge in [0.15, 0.2) is 0 Å². The molecule has 5 nitrogen and oxygen atoms in total. The molecule has 1 heterocycles. The molecule has 2 aromatic rings. The highest BCUT2D eigenvalue weighted by atomic mass is 32.1. The van der Waals surface area contributed by atoms with Crippen LogP contribution in [0.3, 0.4) is 0 Å². The van der Waals surface area contributed by atoms with E-state index in [0.717, 1.165) is 41.2 Å². The summed E-state index contributed by atoms with van der Waals surface area (Å²) in [6.45, 7) is 5.44. The molecule has 0 spiro atoms. The van der Waals surface area contributed by atoms with Gasteiger partial charge in [-0.3, -0.25) is 9.59 Å². The molecule has 1 fully saturated rings. The molecular weight excluding hydrogens is 334 g/mol. The first-order valence-electron chi connectivity index (χ1n) is 8.27. The van der Waals surface area contributed by atoms with Gasteiger partial charge in [0.1, 0.15) is 0 Å². The fourth-order valence-corrected chi connectivity index (χ4v) is 3.62. The van der Waals surface area contributed by atoms with Gasteiger partial charge >= 0.3 is 0 Å². The van der Waals surface area contributed by atoms with Gasteiger partial charge in [0.25, 0.3) is 0 Å². The lowest BCUT2D eigenvalue weighted by Crippen LogP contribution is -2.54. The van der Waals surface area contributed by atoms with Crippen molar-refractivity contribution in [1.82, 2.24) is 10.3 Å². The summed E-state index contributed by atoms with van der Waals surface area (Å²) < 4.78 is 0. The maximum absolute atomic E-state index is 12.4. The third-order valence-corrected chi connectivity index (χ3v) is 5.24. The third kappa shape index (κ3) is 4.14. The number of hydrogen-bond acceptors (Lipinski definition) is 4. The van der Waals surface area contributed by atoms with Crippen molar-refractivity contribution >= 4 is 28.8 Å². The molecule has 0 unspecified atom stereocenters. The minimum Gasteiger partial charge on any atom is -0.347 e. The van der Waals surface area contributed by atoms with Gasteiger partial charge in [-0.1, -0.05) is 18.7 Å². The summed E-state index contributed by atoms with van der Waals surface area (Å²) in [7, 11) is 0. The predicted octanol–water partition coefficient (Wildman–Crippen LogP) is 3.67. The van der Waals surface area contributed by atoms with E-state index in [9.17, 15) is 9.59 Å². The molecule has 1 aromatic carbocycles. The molecule has 1 aliphatic carbocycles. The van der Waals surface area contributed by atoms with Crippen LogP contribution in [0.1, 0.15) is 30.7 Å². The molecule has 25 heavy (non-hydrogen) atoms. The highest BCUT2D eigenvalue weighted by molar-refractivity contribution is 7.09. The van der Waals surface area contributed by atoms with Crippen molar-refractivity contribution < 1.29 is 9.59 Å². The monoisotopic (exact) mass is 355 g/mol. The van der Waals surface area contributed by atoms with Crippen LogP contribution in [0.4, 0.5) is 5.69 Å². The molecule has 1 saturated carbocycles. The lowest BCUT2D eigenvalue weighted by Gasteiger charge is -2.41. The van der Waals surface area contributed by atoms with E-state index in [-0.39, 0.29) is 18.2 Å². The third-order valence-electron chi connectivity index (χ3n) is 4.47. The molecule has 0 aliphatic heterocycles. The molecule has 6 heteroatoms. The SMILES string of the molecule is C=CC(=O)NC1(CC(=O)Nc2ccc(-c3csc(C)n3)cc2)CCC1. The fraction of sp³-hybridized carbons (Fsp3) is 0.316. The van der Waals surface area contributed by atoms with Crippen LogP contribution >= 0.6 is 11.3 Å². The predicted molar refractivity (Wildman–Crippen MR) is 100 cm³/mol. The summed E-state index contributed by atoms with van der Waals surface area (Å²) in [6.07, 6.45) is 4.19. The van der Waals surface area contributed by atoms with E-state index in [4.69, 9.17) is 0 Å². The molecule has 1 aliphatic rings. The van der Waals surface area contributed by atoms with Crippen LogP contribution in [0.2, 0.25) is 0 Å². The number of benzene rings is 1. The highest BCUT2D eigenvalue weighted by Gasteiger charge is 2.39. The van der Waals surface area contributed by atoms with E-state index in [2.05, 4.69) is 22.2 Å². The molecule has 3 rings (SSSR count). The standard InChI is InChI=1S/C19H21N3O2S/c1-3-17(23)22-19(9-4-10-19)11-18(24)21-15-7-5-14(6-8-15)16-12-25-13(2)20-16/h3,5-8,12H,1,4,9-11H2,2H3,(H,21,24)(H,22,23). The van der Waals surface area contributed by atoms with Crippen molar-refractivity contribution in [2.45, 2.75) is 38.1 Å². The Morgan fingerprint density at radius 3 is 2.56 bits per heavy atom. The Morgan fingerprint density at radius 2 is 2.04 bits per heavy atom. The van der Waals surface area contributed by atoms with Crippen LogP contribution in [0, 0.1) is 6.92 Å². The van der Waals surface area contributed by atoms with Crippen LogP contribution in [0.5, 0.6) is 0 Å². The lowest BCUT2D eigenvalue weighted by atomic mass is 9.74. The van der Waals surface area contributed by atoms with Gasteiger partial charge in [0, 0.05) is 22.2 Å². The summed E-state index contributed by atoms with van der Waals surface area (Å²) in [5.41, 5.74) is 2.29. The first kappa shape index (κ1) is 17.4. The number of amides is 2. The maximum atomic E-state index is 12.4. The van der Waals surface area contributed by atoms with Crippen molar-refractivity contribution in [3.63, 3.8) is 0 Å². The van der Waals surface area contributed by atoms with E-state index < -0.39 is 5.54 Å². The second-order valence-corrected chi connectivity index (χ2v) is 7.44. The summed E-state index contributed by atoms with van der Waals surface area (Å²) in [5, 5.41) is 8.86. The fourth-order valence-electron chi connectivity index (χ4n) is 2.99. The molecule has 130 valence electrons. The van der Waals surface area contributed by atoms with Gasteiger partial charge in [0.05, 0.1) is 17.1 Å². The number of anilines is 1. The van der Waals surface area contributed by atoms with Gasteiger partial charge in [0.2, 0.25) is 11.8 Å². The van der Waals surface area contributed by atoms with Crippen molar-refractivity contribution in [3.05, 3.63) is 47.3 Å². The van der Waals surface area contributed by atoms with E-state index in [1.165, 1.54) is 6.08 Å². The Bertz CT molecular complexity index is 791. The largest absolute Gasteiger partial charge is 0.347 e. The summed E-state index contributed by atoms with van der Waals surface area (Å²) in [6, 6.07) is 7.64. The van der Waals surface area contributed by atoms with E-state index in [1.54, 1.807) is 11.3 Å². The number of aromatic nitrogens is 1. The normalized spacial score (nSPS) is 15.1. The Morgan fingerprint density at radius 1 is 1.32 bits per heavy atom. The maximum Gasteiger partial charge on any atom is 0.243 e. The van der Waals surface area contributed by atoms with Crippen molar-refractivity contribution in [1.29, 1.82) is 0 Å². The number of carbonyl (C=O) groups excluding carboxylic acids is 2. The zero-order valence-electron chi connectivity index (χ0n) is 14.2. The summed E-state index contributed by atoms with van der Waals surface area (Å²) in [5.74, 6) is -0.322. The van der Waals surface area contributed by atoms with Crippen LogP contribution in [0.25, 0.3) is 11.3 Å². The van der Waals surface area contributed by atoms with Crippen molar-refractivity contribution in [2.24, 2.45) is 0 Å². The molecule has 0 atom stereocenters. The molecule has 0 saturated heterocycles. The summed E-state index contributed by atoms with van der Waals surface area (Å²) in [4.78, 5) is 28.4. The minimum atomic E-state index is -0.423. The van der Waals surface area contributed by atoms with Crippen molar-refractivity contribution in [2.75, 3.05) is 5.32 Å². The quantitative estimate of drug-likeness (QED) is 0.777. The van der Waals surface area contributed by atoms with Crippen LogP contribution < -0.4 is 10.6 Å². The molecule has 0 bridgehead atoms. The first-order valence-corrected chi connectivity index (χ1v) is 9.15. The Balaban J connectivity index is 1.61. The Labute approximate surface area is 151 Å². The Hall–Kier alpha value is -2.47. The van der Waals surface area contributed by atoms with Gasteiger partial charge in [-0.2, -0.15) is 0 Å². The average Bonchev–Trinajstić information content (AvgIpc) is 2.99. The van der Waals surface area contributed by atoms with Gasteiger partial charge in [-0.15, -0.1) is 11.3 Å². The second-order valence-electron chi connectivity index (χ2n) is 6.38. The number of aryl methyl sites for hydroxylation is 1. The topological polar surface area (TPSA) is 71.1 Å². The number of nitrogens with one attached hydrogen (secondary N) is 2. The molecule has 2 N–H and O–H groups in total. The van der Waals surface area contributed by atoms with Crippen LogP contribution in [-0.4, -0.2) is 22.3 Å². The molecule has 0 radical (unpaired) electrons. The van der Waals surface area contributed by atoms with Gasteiger partial charge < -0.3 is 10.6 Å². The lowest BCUT2D eigenvalue weighted by molar-refractivity contribution is -0.122. The summed E-state index contributed by atoms with van der Waals surface area (Å²) >= 11 is 1.61. The number of hydrogen-bond donors (Lipinski definition) is 2. The minimum absolute atomic E-state index is 0.0960. The zero-order valence-corrected chi connectivity index (χ0v) is 15.0. The number of rotatable bonds is 6. The molecular formula is C19H21N3O2S. The number of nitrogens with zero attached hydrogens (tertiary/aromatic N) is 1. The first-order chi connectivity index (χ1) is 12.0. The Kier molecular flexibility index (Phi) is 4.99. The van der Waals surface area contributed by atoms with Crippen LogP contribution in [-0.2, 0) is 9.59 Å². The highest BCUT2D eigenvalue weighted by Crippen LogP contribution is 2.35. The van der Waals surface area contributed by atoms with E-state index in [0.29, 0.717) is 0 Å². The van der Waals surface area contributed by atoms with Crippen molar-refractivity contribution in [3.8, 4) is 11.3 Å². The van der Waals surface area contributed by atoms with Gasteiger partial charge in [-0.25, -0.2) is 4.98 Å². The average molecular weight is 355 g/mol.